The van der Waals surface area contributed by atoms with Crippen molar-refractivity contribution in [2.45, 2.75) is 58.5 Å². The van der Waals surface area contributed by atoms with Crippen LogP contribution in [0.25, 0.3) is 0 Å². The fraction of sp³-hybridized carbons (Fsp3) is 0.833. The Morgan fingerprint density at radius 1 is 1.18 bits per heavy atom. The van der Waals surface area contributed by atoms with E-state index in [-0.39, 0.29) is 11.8 Å². The second-order valence-electron chi connectivity index (χ2n) is 4.27. The first kappa shape index (κ1) is 15.9. The summed E-state index contributed by atoms with van der Waals surface area (Å²) in [7, 11) is 0. The highest BCUT2D eigenvalue weighted by Crippen LogP contribution is 1.98. The molecule has 17 heavy (non-hydrogen) atoms. The van der Waals surface area contributed by atoms with Crippen LogP contribution < -0.4 is 16.4 Å². The number of carbonyl (C=O) groups is 2. The topological polar surface area (TPSA) is 84.2 Å². The average molecular weight is 243 g/mol. The number of rotatable bonds is 8. The number of amides is 2. The molecular formula is C12H25N3O2. The molecule has 0 aliphatic heterocycles. The van der Waals surface area contributed by atoms with E-state index < -0.39 is 12.1 Å². The van der Waals surface area contributed by atoms with E-state index in [4.69, 9.17) is 5.73 Å². The van der Waals surface area contributed by atoms with Crippen molar-refractivity contribution in [2.75, 3.05) is 6.54 Å². The molecule has 0 aromatic rings. The summed E-state index contributed by atoms with van der Waals surface area (Å²) >= 11 is 0. The summed E-state index contributed by atoms with van der Waals surface area (Å²) in [5, 5.41) is 5.35. The van der Waals surface area contributed by atoms with E-state index in [2.05, 4.69) is 10.6 Å². The van der Waals surface area contributed by atoms with Crippen molar-refractivity contribution in [3.63, 3.8) is 0 Å². The van der Waals surface area contributed by atoms with Gasteiger partial charge in [0.2, 0.25) is 11.8 Å². The van der Waals surface area contributed by atoms with Crippen LogP contribution in [0.5, 0.6) is 0 Å². The minimum atomic E-state index is -0.526. The van der Waals surface area contributed by atoms with Gasteiger partial charge in [0.25, 0.3) is 0 Å². The molecule has 0 radical (unpaired) electrons. The van der Waals surface area contributed by atoms with Crippen molar-refractivity contribution in [3.8, 4) is 0 Å². The molecular weight excluding hydrogens is 218 g/mol. The maximum absolute atomic E-state index is 11.6. The van der Waals surface area contributed by atoms with Gasteiger partial charge in [0.1, 0.15) is 6.04 Å². The monoisotopic (exact) mass is 243 g/mol. The van der Waals surface area contributed by atoms with Crippen LogP contribution in [0.1, 0.15) is 46.5 Å². The molecule has 0 bridgehead atoms. The van der Waals surface area contributed by atoms with E-state index in [9.17, 15) is 9.59 Å². The van der Waals surface area contributed by atoms with E-state index in [0.717, 1.165) is 19.3 Å². The van der Waals surface area contributed by atoms with Gasteiger partial charge < -0.3 is 16.4 Å². The Balaban J connectivity index is 3.97. The van der Waals surface area contributed by atoms with E-state index >= 15 is 0 Å². The molecule has 0 heterocycles. The fourth-order valence-electron chi connectivity index (χ4n) is 1.34. The Hall–Kier alpha value is -1.10. The number of carbonyl (C=O) groups excluding carboxylic acids is 2. The molecule has 4 N–H and O–H groups in total. The summed E-state index contributed by atoms with van der Waals surface area (Å²) in [4.78, 5) is 23.1. The van der Waals surface area contributed by atoms with Gasteiger partial charge >= 0.3 is 0 Å². The molecule has 0 spiro atoms. The first-order valence-corrected chi connectivity index (χ1v) is 6.36. The minimum absolute atomic E-state index is 0.164. The second-order valence-corrected chi connectivity index (χ2v) is 4.27. The lowest BCUT2D eigenvalue weighted by Crippen LogP contribution is -2.50. The average Bonchev–Trinajstić information content (AvgIpc) is 2.32. The summed E-state index contributed by atoms with van der Waals surface area (Å²) in [6.07, 6.45) is 3.46. The van der Waals surface area contributed by atoms with Gasteiger partial charge in [-0.25, -0.2) is 0 Å². The number of nitrogens with one attached hydrogen (secondary N) is 2. The molecule has 5 nitrogen and oxygen atoms in total. The van der Waals surface area contributed by atoms with Crippen LogP contribution >= 0.6 is 0 Å². The van der Waals surface area contributed by atoms with E-state index in [1.165, 1.54) is 0 Å². The van der Waals surface area contributed by atoms with Crippen LogP contribution in [0.3, 0.4) is 0 Å². The van der Waals surface area contributed by atoms with Gasteiger partial charge in [0.05, 0.1) is 6.04 Å². The van der Waals surface area contributed by atoms with Crippen LogP contribution in [0.2, 0.25) is 0 Å². The molecule has 0 aliphatic carbocycles. The first-order chi connectivity index (χ1) is 8.02. The number of unbranched alkanes of at least 4 members (excludes halogenated alkanes) is 1. The zero-order chi connectivity index (χ0) is 13.3. The number of nitrogens with two attached hydrogens (primary N) is 1. The smallest absolute Gasteiger partial charge is 0.242 e. The predicted octanol–water partition coefficient (Wildman–Crippen LogP) is 0.535. The van der Waals surface area contributed by atoms with Gasteiger partial charge in [-0.05, 0) is 19.8 Å². The van der Waals surface area contributed by atoms with Crippen LogP contribution in [0, 0.1) is 0 Å². The SMILES string of the molecule is CCCC[C@H](N)C(=O)NC(C)C(=O)NCCC. The summed E-state index contributed by atoms with van der Waals surface area (Å²) in [5.74, 6) is -0.416. The van der Waals surface area contributed by atoms with E-state index in [1.807, 2.05) is 13.8 Å². The standard InChI is InChI=1S/C12H25N3O2/c1-4-6-7-10(13)12(17)15-9(3)11(16)14-8-5-2/h9-10H,4-8,13H2,1-3H3,(H,14,16)(H,15,17)/t9?,10-/m0/s1. The Morgan fingerprint density at radius 2 is 1.82 bits per heavy atom. The Labute approximate surface area is 104 Å². The lowest BCUT2D eigenvalue weighted by molar-refractivity contribution is -0.129. The normalized spacial score (nSPS) is 13.9. The number of hydrogen-bond acceptors (Lipinski definition) is 3. The molecule has 2 atom stereocenters. The molecule has 0 rings (SSSR count). The molecule has 0 aromatic heterocycles. The van der Waals surface area contributed by atoms with Gasteiger partial charge in [0.15, 0.2) is 0 Å². The van der Waals surface area contributed by atoms with Crippen LogP contribution in [0.15, 0.2) is 0 Å². The van der Waals surface area contributed by atoms with E-state index in [0.29, 0.717) is 13.0 Å². The highest BCUT2D eigenvalue weighted by molar-refractivity contribution is 5.89. The largest absolute Gasteiger partial charge is 0.354 e. The van der Waals surface area contributed by atoms with Gasteiger partial charge in [-0.3, -0.25) is 9.59 Å². The van der Waals surface area contributed by atoms with Crippen molar-refractivity contribution in [2.24, 2.45) is 5.73 Å². The fourth-order valence-corrected chi connectivity index (χ4v) is 1.34. The predicted molar refractivity (Wildman–Crippen MR) is 68.4 cm³/mol. The molecule has 0 aliphatic rings. The summed E-state index contributed by atoms with van der Waals surface area (Å²) in [6.45, 7) is 6.31. The van der Waals surface area contributed by atoms with Crippen LogP contribution in [0.4, 0.5) is 0 Å². The molecule has 1 unspecified atom stereocenters. The van der Waals surface area contributed by atoms with Crippen molar-refractivity contribution in [1.82, 2.24) is 10.6 Å². The van der Waals surface area contributed by atoms with Crippen LogP contribution in [-0.4, -0.2) is 30.4 Å². The molecule has 2 amide bonds. The summed E-state index contributed by atoms with van der Waals surface area (Å²) < 4.78 is 0. The van der Waals surface area contributed by atoms with E-state index in [1.54, 1.807) is 6.92 Å². The van der Waals surface area contributed by atoms with Crippen molar-refractivity contribution in [3.05, 3.63) is 0 Å². The molecule has 0 fully saturated rings. The highest BCUT2D eigenvalue weighted by atomic mass is 16.2. The maximum atomic E-state index is 11.6. The highest BCUT2D eigenvalue weighted by Gasteiger charge is 2.18. The minimum Gasteiger partial charge on any atom is -0.354 e. The maximum Gasteiger partial charge on any atom is 0.242 e. The Kier molecular flexibility index (Phi) is 8.40. The number of hydrogen-bond donors (Lipinski definition) is 3. The molecule has 5 heteroatoms. The molecule has 0 saturated heterocycles. The Morgan fingerprint density at radius 3 is 2.35 bits per heavy atom. The van der Waals surface area contributed by atoms with Gasteiger partial charge in [-0.1, -0.05) is 26.7 Å². The quantitative estimate of drug-likeness (QED) is 0.581. The first-order valence-electron chi connectivity index (χ1n) is 6.36. The zero-order valence-electron chi connectivity index (χ0n) is 11.1. The molecule has 0 saturated carbocycles. The summed E-state index contributed by atoms with van der Waals surface area (Å²) in [6, 6.07) is -1.04. The lowest BCUT2D eigenvalue weighted by Gasteiger charge is -2.17. The van der Waals surface area contributed by atoms with Gasteiger partial charge in [-0.15, -0.1) is 0 Å². The lowest BCUT2D eigenvalue weighted by atomic mass is 10.1. The van der Waals surface area contributed by atoms with Crippen molar-refractivity contribution in [1.29, 1.82) is 0 Å². The molecule has 0 aromatic carbocycles. The van der Waals surface area contributed by atoms with Crippen LogP contribution in [-0.2, 0) is 9.59 Å². The van der Waals surface area contributed by atoms with Gasteiger partial charge in [-0.2, -0.15) is 0 Å². The van der Waals surface area contributed by atoms with Crippen molar-refractivity contribution >= 4 is 11.8 Å². The third-order valence-electron chi connectivity index (χ3n) is 2.51. The third kappa shape index (κ3) is 6.94. The Bertz CT molecular complexity index is 244. The third-order valence-corrected chi connectivity index (χ3v) is 2.51. The summed E-state index contributed by atoms with van der Waals surface area (Å²) in [5.41, 5.74) is 5.71. The second kappa shape index (κ2) is 8.98. The zero-order valence-corrected chi connectivity index (χ0v) is 11.1. The van der Waals surface area contributed by atoms with Crippen molar-refractivity contribution < 1.29 is 9.59 Å². The van der Waals surface area contributed by atoms with Gasteiger partial charge in [0, 0.05) is 6.54 Å². The molecule has 100 valence electrons.